The molecule has 0 bridgehead atoms. The normalized spacial score (nSPS) is 13.7. The van der Waals surface area contributed by atoms with Gasteiger partial charge in [-0.2, -0.15) is 0 Å². The summed E-state index contributed by atoms with van der Waals surface area (Å²) in [7, 11) is 0. The van der Waals surface area contributed by atoms with E-state index in [9.17, 15) is 9.59 Å². The average Bonchev–Trinajstić information content (AvgIpc) is 2.88. The number of aromatic nitrogens is 2. The van der Waals surface area contributed by atoms with Crippen LogP contribution in [0.2, 0.25) is 5.02 Å². The minimum Gasteiger partial charge on any atom is -0.353 e. The molecule has 1 fully saturated rings. The molecule has 0 saturated carbocycles. The number of nitrogens with one attached hydrogen (secondary N) is 1. The van der Waals surface area contributed by atoms with Gasteiger partial charge in [0.25, 0.3) is 0 Å². The first-order valence-corrected chi connectivity index (χ1v) is 12.1. The second-order valence-electron chi connectivity index (χ2n) is 8.72. The maximum absolute atomic E-state index is 13.1. The number of benzene rings is 3. The molecule has 1 N–H and O–H groups in total. The number of anilines is 1. The van der Waals surface area contributed by atoms with Gasteiger partial charge in [-0.05, 0) is 41.5 Å². The van der Waals surface area contributed by atoms with Crippen LogP contribution in [-0.4, -0.2) is 47.7 Å². The van der Waals surface area contributed by atoms with Gasteiger partial charge in [-0.25, -0.2) is 4.98 Å². The van der Waals surface area contributed by atoms with Crippen LogP contribution in [0.25, 0.3) is 11.0 Å². The first kappa shape index (κ1) is 23.1. The van der Waals surface area contributed by atoms with Crippen molar-refractivity contribution in [2.45, 2.75) is 12.8 Å². The van der Waals surface area contributed by atoms with Gasteiger partial charge >= 0.3 is 0 Å². The Bertz CT molecular complexity index is 1380. The van der Waals surface area contributed by atoms with Crippen molar-refractivity contribution in [3.63, 3.8) is 0 Å². The number of ketones is 2. The molecular formula is C28H25ClN4O2. The number of Topliss-reactive ketones (excluding diaryl/α,β-unsaturated/α-hetero) is 1. The maximum Gasteiger partial charge on any atom is 0.193 e. The second kappa shape index (κ2) is 10.3. The number of fused-ring (bicyclic) bond motifs is 1. The van der Waals surface area contributed by atoms with E-state index in [1.54, 1.807) is 36.5 Å². The van der Waals surface area contributed by atoms with Crippen LogP contribution in [0.5, 0.6) is 0 Å². The first-order valence-electron chi connectivity index (χ1n) is 11.7. The highest BCUT2D eigenvalue weighted by Crippen LogP contribution is 2.20. The zero-order valence-corrected chi connectivity index (χ0v) is 20.0. The Kier molecular flexibility index (Phi) is 6.84. The average molecular weight is 485 g/mol. The third-order valence-electron chi connectivity index (χ3n) is 6.14. The van der Waals surface area contributed by atoms with E-state index in [0.29, 0.717) is 34.5 Å². The van der Waals surface area contributed by atoms with Crippen molar-refractivity contribution in [1.29, 1.82) is 0 Å². The highest BCUT2D eigenvalue weighted by molar-refractivity contribution is 6.30. The summed E-state index contributed by atoms with van der Waals surface area (Å²) in [5.74, 6) is 0.841. The standard InChI is InChI=1S/C28H25ClN4O2/c29-23-3-1-2-20(14-23)16-24(34)15-19-4-6-21(7-5-19)28(35)22-8-9-25-26(17-22)32-27(18-31-25)33-12-10-30-11-13-33/h1-9,14,17-18,30H,10-13,15-16H2. The summed E-state index contributed by atoms with van der Waals surface area (Å²) in [6, 6.07) is 20.0. The van der Waals surface area contributed by atoms with Crippen molar-refractivity contribution >= 4 is 40.0 Å². The van der Waals surface area contributed by atoms with E-state index in [2.05, 4.69) is 15.2 Å². The number of nitrogens with zero attached hydrogens (tertiary/aromatic N) is 3. The quantitative estimate of drug-likeness (QED) is 0.395. The van der Waals surface area contributed by atoms with E-state index in [4.69, 9.17) is 16.6 Å². The smallest absolute Gasteiger partial charge is 0.193 e. The Morgan fingerprint density at radius 1 is 0.857 bits per heavy atom. The Balaban J connectivity index is 1.28. The molecule has 1 aliphatic heterocycles. The van der Waals surface area contributed by atoms with Gasteiger partial charge < -0.3 is 10.2 Å². The summed E-state index contributed by atoms with van der Waals surface area (Å²) in [5.41, 5.74) is 4.37. The van der Waals surface area contributed by atoms with Crippen molar-refractivity contribution in [1.82, 2.24) is 15.3 Å². The molecule has 0 radical (unpaired) electrons. The van der Waals surface area contributed by atoms with Crippen LogP contribution in [0.1, 0.15) is 27.0 Å². The molecule has 0 aliphatic carbocycles. The Labute approximate surface area is 209 Å². The van der Waals surface area contributed by atoms with E-state index in [1.807, 2.05) is 36.4 Å². The van der Waals surface area contributed by atoms with Crippen molar-refractivity contribution in [3.8, 4) is 0 Å². The lowest BCUT2D eigenvalue weighted by atomic mass is 9.98. The van der Waals surface area contributed by atoms with Crippen molar-refractivity contribution < 1.29 is 9.59 Å². The molecule has 7 heteroatoms. The van der Waals surface area contributed by atoms with Gasteiger partial charge in [0.1, 0.15) is 11.6 Å². The first-order chi connectivity index (χ1) is 17.0. The molecule has 1 saturated heterocycles. The Morgan fingerprint density at radius 2 is 1.60 bits per heavy atom. The molecule has 1 aliphatic rings. The zero-order valence-electron chi connectivity index (χ0n) is 19.2. The van der Waals surface area contributed by atoms with Crippen LogP contribution in [0.3, 0.4) is 0 Å². The van der Waals surface area contributed by atoms with Crippen molar-refractivity contribution in [2.24, 2.45) is 0 Å². The monoisotopic (exact) mass is 484 g/mol. The number of rotatable bonds is 7. The van der Waals surface area contributed by atoms with Gasteiger partial charge in [0.2, 0.25) is 0 Å². The van der Waals surface area contributed by atoms with Gasteiger partial charge in [0.15, 0.2) is 5.78 Å². The number of hydrogen-bond donors (Lipinski definition) is 1. The van der Waals surface area contributed by atoms with E-state index >= 15 is 0 Å². The molecule has 176 valence electrons. The van der Waals surface area contributed by atoms with Gasteiger partial charge in [0, 0.05) is 55.2 Å². The molecule has 0 amide bonds. The number of hydrogen-bond acceptors (Lipinski definition) is 6. The van der Waals surface area contributed by atoms with Crippen LogP contribution >= 0.6 is 11.6 Å². The number of carbonyl (C=O) groups excluding carboxylic acids is 2. The molecule has 4 aromatic rings. The Hall–Kier alpha value is -3.61. The van der Waals surface area contributed by atoms with E-state index < -0.39 is 0 Å². The molecule has 3 aromatic carbocycles. The molecule has 6 nitrogen and oxygen atoms in total. The highest BCUT2D eigenvalue weighted by atomic mass is 35.5. The minimum atomic E-state index is -0.0851. The van der Waals surface area contributed by atoms with Gasteiger partial charge in [0.05, 0.1) is 17.2 Å². The number of carbonyl (C=O) groups is 2. The van der Waals surface area contributed by atoms with Gasteiger partial charge in [-0.1, -0.05) is 48.0 Å². The van der Waals surface area contributed by atoms with Crippen LogP contribution in [0.4, 0.5) is 5.82 Å². The summed E-state index contributed by atoms with van der Waals surface area (Å²) >= 11 is 6.01. The SMILES string of the molecule is O=C(Cc1ccc(C(=O)c2ccc3ncc(N4CCNCC4)nc3c2)cc1)Cc1cccc(Cl)c1. The Morgan fingerprint density at radius 3 is 2.37 bits per heavy atom. The molecule has 2 heterocycles. The van der Waals surface area contributed by atoms with Crippen LogP contribution < -0.4 is 10.2 Å². The molecule has 35 heavy (non-hydrogen) atoms. The molecular weight excluding hydrogens is 460 g/mol. The van der Waals surface area contributed by atoms with E-state index in [-0.39, 0.29) is 11.6 Å². The van der Waals surface area contributed by atoms with Crippen molar-refractivity contribution in [2.75, 3.05) is 31.1 Å². The predicted octanol–water partition coefficient (Wildman–Crippen LogP) is 4.28. The summed E-state index contributed by atoms with van der Waals surface area (Å²) in [4.78, 5) is 37.1. The van der Waals surface area contributed by atoms with E-state index in [1.165, 1.54) is 0 Å². The molecule has 0 atom stereocenters. The van der Waals surface area contributed by atoms with Gasteiger partial charge in [-0.3, -0.25) is 14.6 Å². The third-order valence-corrected chi connectivity index (χ3v) is 6.38. The fraction of sp³-hybridized carbons (Fsp3) is 0.214. The highest BCUT2D eigenvalue weighted by Gasteiger charge is 2.15. The lowest BCUT2D eigenvalue weighted by Gasteiger charge is -2.28. The maximum atomic E-state index is 13.1. The summed E-state index contributed by atoms with van der Waals surface area (Å²) < 4.78 is 0. The second-order valence-corrected chi connectivity index (χ2v) is 9.15. The summed E-state index contributed by atoms with van der Waals surface area (Å²) in [6.07, 6.45) is 2.43. The van der Waals surface area contributed by atoms with Gasteiger partial charge in [-0.15, -0.1) is 0 Å². The molecule has 1 aromatic heterocycles. The molecule has 0 spiro atoms. The predicted molar refractivity (Wildman–Crippen MR) is 138 cm³/mol. The third kappa shape index (κ3) is 5.56. The fourth-order valence-corrected chi connectivity index (χ4v) is 4.51. The molecule has 0 unspecified atom stereocenters. The van der Waals surface area contributed by atoms with Crippen LogP contribution in [0, 0.1) is 0 Å². The van der Waals surface area contributed by atoms with Crippen LogP contribution in [-0.2, 0) is 17.6 Å². The number of piperazine rings is 1. The lowest BCUT2D eigenvalue weighted by molar-refractivity contribution is -0.117. The number of halogens is 1. The van der Waals surface area contributed by atoms with Crippen molar-refractivity contribution in [3.05, 3.63) is 100 Å². The van der Waals surface area contributed by atoms with Crippen LogP contribution in [0.15, 0.2) is 72.9 Å². The van der Waals surface area contributed by atoms with E-state index in [0.717, 1.165) is 48.6 Å². The molecule has 5 rings (SSSR count). The summed E-state index contributed by atoms with van der Waals surface area (Å²) in [6.45, 7) is 3.60. The minimum absolute atomic E-state index is 0.0851. The lowest BCUT2D eigenvalue weighted by Crippen LogP contribution is -2.43. The largest absolute Gasteiger partial charge is 0.353 e. The summed E-state index contributed by atoms with van der Waals surface area (Å²) in [5, 5.41) is 3.96. The zero-order chi connectivity index (χ0) is 24.2. The fourth-order valence-electron chi connectivity index (χ4n) is 4.29. The topological polar surface area (TPSA) is 75.2 Å².